The zero-order valence-electron chi connectivity index (χ0n) is 9.62. The number of hydrogen-bond donors (Lipinski definition) is 1. The van der Waals surface area contributed by atoms with Crippen LogP contribution in [-0.2, 0) is 5.60 Å². The van der Waals surface area contributed by atoms with Crippen LogP contribution in [0.2, 0.25) is 0 Å². The molecule has 2 unspecified atom stereocenters. The van der Waals surface area contributed by atoms with E-state index in [9.17, 15) is 9.50 Å². The minimum atomic E-state index is -0.873. The van der Waals surface area contributed by atoms with Gasteiger partial charge in [0.15, 0.2) is 0 Å². The van der Waals surface area contributed by atoms with E-state index < -0.39 is 5.60 Å². The summed E-state index contributed by atoms with van der Waals surface area (Å²) in [6.45, 7) is 2.08. The fourth-order valence-electron chi connectivity index (χ4n) is 2.80. The summed E-state index contributed by atoms with van der Waals surface area (Å²) >= 11 is 0. The molecular formula is C13H18FNO. The first-order valence-corrected chi connectivity index (χ1v) is 6.00. The third-order valence-electron chi connectivity index (χ3n) is 3.73. The van der Waals surface area contributed by atoms with Crippen LogP contribution < -0.4 is 0 Å². The van der Waals surface area contributed by atoms with E-state index in [1.165, 1.54) is 12.3 Å². The summed E-state index contributed by atoms with van der Waals surface area (Å²) in [7, 11) is 0. The van der Waals surface area contributed by atoms with Gasteiger partial charge in [0.05, 0.1) is 11.8 Å². The largest absolute Gasteiger partial charge is 0.385 e. The second-order valence-electron chi connectivity index (χ2n) is 4.67. The fourth-order valence-corrected chi connectivity index (χ4v) is 2.80. The number of rotatable bonds is 2. The van der Waals surface area contributed by atoms with Crippen molar-refractivity contribution in [2.24, 2.45) is 5.92 Å². The highest BCUT2D eigenvalue weighted by molar-refractivity contribution is 5.21. The van der Waals surface area contributed by atoms with Crippen LogP contribution in [-0.4, -0.2) is 10.1 Å². The van der Waals surface area contributed by atoms with E-state index in [0.717, 1.165) is 32.1 Å². The summed E-state index contributed by atoms with van der Waals surface area (Å²) < 4.78 is 13.1. The number of nitrogens with zero attached hydrogens (tertiary/aromatic N) is 1. The van der Waals surface area contributed by atoms with Crippen molar-refractivity contribution in [3.63, 3.8) is 0 Å². The zero-order valence-corrected chi connectivity index (χ0v) is 9.62. The van der Waals surface area contributed by atoms with E-state index in [0.29, 0.717) is 5.56 Å². The van der Waals surface area contributed by atoms with Crippen molar-refractivity contribution >= 4 is 0 Å². The molecule has 1 aromatic rings. The summed E-state index contributed by atoms with van der Waals surface area (Å²) in [5.41, 5.74) is -0.235. The predicted molar refractivity (Wildman–Crippen MR) is 60.3 cm³/mol. The second-order valence-corrected chi connectivity index (χ2v) is 4.67. The molecule has 0 radical (unpaired) electrons. The van der Waals surface area contributed by atoms with Crippen LogP contribution in [0.4, 0.5) is 4.39 Å². The minimum absolute atomic E-state index is 0.227. The van der Waals surface area contributed by atoms with E-state index in [1.54, 1.807) is 6.20 Å². The maximum atomic E-state index is 13.1. The lowest BCUT2D eigenvalue weighted by atomic mass is 9.71. The molecule has 1 saturated carbocycles. The normalized spacial score (nSPS) is 30.3. The maximum Gasteiger partial charge on any atom is 0.141 e. The summed E-state index contributed by atoms with van der Waals surface area (Å²) in [4.78, 5) is 3.84. The molecule has 0 spiro atoms. The zero-order chi connectivity index (χ0) is 11.6. The molecule has 2 atom stereocenters. The Bertz CT molecular complexity index is 369. The Labute approximate surface area is 95.5 Å². The van der Waals surface area contributed by atoms with Crippen molar-refractivity contribution in [1.29, 1.82) is 0 Å². The standard InChI is InChI=1S/C13H18FNO/c1-2-10-5-3-4-6-13(10,16)11-7-12(14)9-15-8-11/h7-10,16H,2-6H2,1H3. The van der Waals surface area contributed by atoms with Gasteiger partial charge in [-0.2, -0.15) is 0 Å². The lowest BCUT2D eigenvalue weighted by Crippen LogP contribution is -2.37. The highest BCUT2D eigenvalue weighted by Crippen LogP contribution is 2.43. The monoisotopic (exact) mass is 223 g/mol. The van der Waals surface area contributed by atoms with Gasteiger partial charge in [-0.05, 0) is 24.8 Å². The number of hydrogen-bond acceptors (Lipinski definition) is 2. The SMILES string of the molecule is CCC1CCCCC1(O)c1cncc(F)c1. The number of aromatic nitrogens is 1. The Morgan fingerprint density at radius 1 is 1.50 bits per heavy atom. The summed E-state index contributed by atoms with van der Waals surface area (Å²) in [6, 6.07) is 1.42. The van der Waals surface area contributed by atoms with E-state index in [2.05, 4.69) is 11.9 Å². The highest BCUT2D eigenvalue weighted by atomic mass is 19.1. The van der Waals surface area contributed by atoms with Crippen molar-refractivity contribution in [1.82, 2.24) is 4.98 Å². The molecule has 3 heteroatoms. The Morgan fingerprint density at radius 2 is 2.31 bits per heavy atom. The van der Waals surface area contributed by atoms with E-state index in [4.69, 9.17) is 0 Å². The van der Waals surface area contributed by atoms with Gasteiger partial charge in [0.25, 0.3) is 0 Å². The Balaban J connectivity index is 2.34. The second kappa shape index (κ2) is 4.50. The van der Waals surface area contributed by atoms with Crippen LogP contribution in [0.5, 0.6) is 0 Å². The Hall–Kier alpha value is -0.960. The van der Waals surface area contributed by atoms with Gasteiger partial charge in [-0.3, -0.25) is 4.98 Å². The molecule has 2 rings (SSSR count). The molecule has 1 aliphatic rings. The Kier molecular flexibility index (Phi) is 3.24. The van der Waals surface area contributed by atoms with Crippen LogP contribution in [0.15, 0.2) is 18.5 Å². The number of aliphatic hydroxyl groups is 1. The molecule has 88 valence electrons. The Morgan fingerprint density at radius 3 is 3.00 bits per heavy atom. The summed E-state index contributed by atoms with van der Waals surface area (Å²) in [5.74, 6) is -0.142. The van der Waals surface area contributed by atoms with Crippen molar-refractivity contribution in [3.8, 4) is 0 Å². The fraction of sp³-hybridized carbons (Fsp3) is 0.615. The molecular weight excluding hydrogens is 205 g/mol. The molecule has 1 N–H and O–H groups in total. The molecule has 1 aliphatic carbocycles. The van der Waals surface area contributed by atoms with Gasteiger partial charge in [-0.15, -0.1) is 0 Å². The van der Waals surface area contributed by atoms with E-state index >= 15 is 0 Å². The lowest BCUT2D eigenvalue weighted by Gasteiger charge is -2.39. The highest BCUT2D eigenvalue weighted by Gasteiger charge is 2.39. The van der Waals surface area contributed by atoms with Crippen LogP contribution in [0.3, 0.4) is 0 Å². The first kappa shape index (κ1) is 11.5. The lowest BCUT2D eigenvalue weighted by molar-refractivity contribution is -0.0562. The molecule has 0 saturated heterocycles. The molecule has 0 amide bonds. The van der Waals surface area contributed by atoms with Crippen molar-refractivity contribution < 1.29 is 9.50 Å². The van der Waals surface area contributed by atoms with E-state index in [1.807, 2.05) is 0 Å². The minimum Gasteiger partial charge on any atom is -0.385 e. The molecule has 1 heterocycles. The van der Waals surface area contributed by atoms with Gasteiger partial charge in [0, 0.05) is 11.8 Å². The van der Waals surface area contributed by atoms with Gasteiger partial charge in [0.1, 0.15) is 5.82 Å². The molecule has 1 fully saturated rings. The first-order chi connectivity index (χ1) is 7.66. The summed E-state index contributed by atoms with van der Waals surface area (Å²) in [6.07, 6.45) is 7.59. The predicted octanol–water partition coefficient (Wildman–Crippen LogP) is 3.01. The van der Waals surface area contributed by atoms with Crippen LogP contribution in [0, 0.1) is 11.7 Å². The van der Waals surface area contributed by atoms with Gasteiger partial charge >= 0.3 is 0 Å². The van der Waals surface area contributed by atoms with Crippen molar-refractivity contribution in [2.75, 3.05) is 0 Å². The average Bonchev–Trinajstić information content (AvgIpc) is 2.30. The van der Waals surface area contributed by atoms with Crippen molar-refractivity contribution in [2.45, 2.75) is 44.6 Å². The topological polar surface area (TPSA) is 33.1 Å². The van der Waals surface area contributed by atoms with Crippen LogP contribution in [0.25, 0.3) is 0 Å². The first-order valence-electron chi connectivity index (χ1n) is 6.00. The smallest absolute Gasteiger partial charge is 0.141 e. The third kappa shape index (κ3) is 1.96. The molecule has 16 heavy (non-hydrogen) atoms. The van der Waals surface area contributed by atoms with E-state index in [-0.39, 0.29) is 11.7 Å². The molecule has 1 aromatic heterocycles. The van der Waals surface area contributed by atoms with Crippen molar-refractivity contribution in [3.05, 3.63) is 29.8 Å². The van der Waals surface area contributed by atoms with Gasteiger partial charge in [-0.25, -0.2) is 4.39 Å². The molecule has 0 bridgehead atoms. The molecule has 2 nitrogen and oxygen atoms in total. The number of halogens is 1. The molecule has 0 aromatic carbocycles. The van der Waals surface area contributed by atoms with Crippen LogP contribution >= 0.6 is 0 Å². The molecule has 0 aliphatic heterocycles. The summed E-state index contributed by atoms with van der Waals surface area (Å²) in [5, 5.41) is 10.7. The maximum absolute atomic E-state index is 13.1. The average molecular weight is 223 g/mol. The van der Waals surface area contributed by atoms with Gasteiger partial charge < -0.3 is 5.11 Å². The third-order valence-corrected chi connectivity index (χ3v) is 3.73. The quantitative estimate of drug-likeness (QED) is 0.836. The van der Waals surface area contributed by atoms with Gasteiger partial charge in [0.2, 0.25) is 0 Å². The number of pyridine rings is 1. The van der Waals surface area contributed by atoms with Crippen LogP contribution in [0.1, 0.15) is 44.6 Å². The van der Waals surface area contributed by atoms with Gasteiger partial charge in [-0.1, -0.05) is 26.2 Å².